The number of carbonyl (C=O) groups is 1. The van der Waals surface area contributed by atoms with Gasteiger partial charge in [-0.1, -0.05) is 12.1 Å². The Morgan fingerprint density at radius 1 is 0.967 bits per heavy atom. The predicted octanol–water partition coefficient (Wildman–Crippen LogP) is 5.08. The molecule has 1 aromatic heterocycles. The fourth-order valence-corrected chi connectivity index (χ4v) is 2.98. The van der Waals surface area contributed by atoms with Gasteiger partial charge < -0.3 is 10.1 Å². The van der Waals surface area contributed by atoms with E-state index >= 15 is 0 Å². The van der Waals surface area contributed by atoms with E-state index < -0.39 is 11.7 Å². The SMILES string of the molecule is COc1cccc(-c2nn(-c3ccc(F)cc3)cc2C(=O)Nc2ccc(F)cc2)c1. The summed E-state index contributed by atoms with van der Waals surface area (Å²) in [6.07, 6.45) is 1.57. The molecule has 0 radical (unpaired) electrons. The maximum atomic E-state index is 13.3. The van der Waals surface area contributed by atoms with Gasteiger partial charge in [0.2, 0.25) is 0 Å². The molecule has 0 unspecified atom stereocenters. The second kappa shape index (κ2) is 8.16. The molecule has 0 aliphatic rings. The van der Waals surface area contributed by atoms with Gasteiger partial charge in [0.25, 0.3) is 5.91 Å². The molecule has 1 N–H and O–H groups in total. The van der Waals surface area contributed by atoms with Crippen molar-refractivity contribution in [3.05, 3.63) is 96.2 Å². The second-order valence-corrected chi connectivity index (χ2v) is 6.51. The van der Waals surface area contributed by atoms with Crippen molar-refractivity contribution in [2.75, 3.05) is 12.4 Å². The number of benzene rings is 3. The summed E-state index contributed by atoms with van der Waals surface area (Å²) in [5.41, 5.74) is 2.46. The molecule has 0 saturated heterocycles. The van der Waals surface area contributed by atoms with Crippen LogP contribution in [0, 0.1) is 11.6 Å². The summed E-state index contributed by atoms with van der Waals surface area (Å²) in [7, 11) is 1.55. The third-order valence-electron chi connectivity index (χ3n) is 4.50. The number of carbonyl (C=O) groups excluding carboxylic acids is 1. The lowest BCUT2D eigenvalue weighted by Crippen LogP contribution is -2.12. The van der Waals surface area contributed by atoms with E-state index in [1.54, 1.807) is 43.6 Å². The zero-order valence-corrected chi connectivity index (χ0v) is 16.0. The van der Waals surface area contributed by atoms with E-state index in [9.17, 15) is 13.6 Å². The van der Waals surface area contributed by atoms with Gasteiger partial charge >= 0.3 is 0 Å². The first kappa shape index (κ1) is 19.3. The number of methoxy groups -OCH3 is 1. The topological polar surface area (TPSA) is 56.2 Å². The first-order valence-electron chi connectivity index (χ1n) is 9.10. The number of ether oxygens (including phenoxy) is 1. The van der Waals surface area contributed by atoms with Gasteiger partial charge in [-0.05, 0) is 60.7 Å². The minimum Gasteiger partial charge on any atom is -0.497 e. The van der Waals surface area contributed by atoms with Gasteiger partial charge in [0.1, 0.15) is 23.1 Å². The molecular weight excluding hydrogens is 388 g/mol. The Labute approximate surface area is 171 Å². The summed E-state index contributed by atoms with van der Waals surface area (Å²) >= 11 is 0. The highest BCUT2D eigenvalue weighted by Gasteiger charge is 2.19. The van der Waals surface area contributed by atoms with Crippen LogP contribution in [-0.2, 0) is 0 Å². The van der Waals surface area contributed by atoms with Gasteiger partial charge in [-0.2, -0.15) is 5.10 Å². The largest absolute Gasteiger partial charge is 0.497 e. The highest BCUT2D eigenvalue weighted by Crippen LogP contribution is 2.27. The fraction of sp³-hybridized carbons (Fsp3) is 0.0435. The van der Waals surface area contributed by atoms with Gasteiger partial charge in [-0.25, -0.2) is 13.5 Å². The molecule has 1 heterocycles. The molecule has 30 heavy (non-hydrogen) atoms. The first-order chi connectivity index (χ1) is 14.5. The quantitative estimate of drug-likeness (QED) is 0.504. The molecule has 3 aromatic carbocycles. The molecule has 150 valence electrons. The van der Waals surface area contributed by atoms with Gasteiger partial charge in [0, 0.05) is 17.4 Å². The van der Waals surface area contributed by atoms with Crippen LogP contribution < -0.4 is 10.1 Å². The van der Waals surface area contributed by atoms with Crippen molar-refractivity contribution < 1.29 is 18.3 Å². The van der Waals surface area contributed by atoms with Crippen LogP contribution in [0.2, 0.25) is 0 Å². The van der Waals surface area contributed by atoms with E-state index in [0.29, 0.717) is 33.9 Å². The molecular formula is C23H17F2N3O2. The summed E-state index contributed by atoms with van der Waals surface area (Å²) in [5.74, 6) is -0.552. The average molecular weight is 405 g/mol. The second-order valence-electron chi connectivity index (χ2n) is 6.51. The van der Waals surface area contributed by atoms with E-state index in [-0.39, 0.29) is 5.82 Å². The molecule has 0 bridgehead atoms. The van der Waals surface area contributed by atoms with E-state index in [2.05, 4.69) is 10.4 Å². The number of rotatable bonds is 5. The van der Waals surface area contributed by atoms with Crippen molar-refractivity contribution in [1.82, 2.24) is 9.78 Å². The van der Waals surface area contributed by atoms with Crippen LogP contribution in [0.5, 0.6) is 5.75 Å². The van der Waals surface area contributed by atoms with Crippen molar-refractivity contribution >= 4 is 11.6 Å². The maximum absolute atomic E-state index is 13.3. The molecule has 0 fully saturated rings. The van der Waals surface area contributed by atoms with Crippen LogP contribution >= 0.6 is 0 Å². The lowest BCUT2D eigenvalue weighted by molar-refractivity contribution is 0.102. The zero-order chi connectivity index (χ0) is 21.1. The minimum atomic E-state index is -0.409. The number of aromatic nitrogens is 2. The summed E-state index contributed by atoms with van der Waals surface area (Å²) in [6, 6.07) is 18.4. The van der Waals surface area contributed by atoms with Gasteiger partial charge in [0.05, 0.1) is 18.4 Å². The Bertz CT molecular complexity index is 1190. The Balaban J connectivity index is 1.77. The van der Waals surface area contributed by atoms with Crippen LogP contribution in [0.25, 0.3) is 16.9 Å². The van der Waals surface area contributed by atoms with Gasteiger partial charge in [-0.15, -0.1) is 0 Å². The molecule has 0 aliphatic heterocycles. The Morgan fingerprint density at radius 2 is 1.63 bits per heavy atom. The predicted molar refractivity (Wildman–Crippen MR) is 110 cm³/mol. The monoisotopic (exact) mass is 405 g/mol. The lowest BCUT2D eigenvalue weighted by Gasteiger charge is -2.06. The Morgan fingerprint density at radius 3 is 2.30 bits per heavy atom. The summed E-state index contributed by atoms with van der Waals surface area (Å²) < 4.78 is 33.2. The van der Waals surface area contributed by atoms with Crippen molar-refractivity contribution in [2.24, 2.45) is 0 Å². The van der Waals surface area contributed by atoms with Crippen LogP contribution in [0.3, 0.4) is 0 Å². The molecule has 4 rings (SSSR count). The van der Waals surface area contributed by atoms with Crippen molar-refractivity contribution in [3.63, 3.8) is 0 Å². The molecule has 0 saturated carbocycles. The molecule has 1 amide bonds. The summed E-state index contributed by atoms with van der Waals surface area (Å²) in [5, 5.41) is 7.30. The van der Waals surface area contributed by atoms with Gasteiger partial charge in [0.15, 0.2) is 0 Å². The molecule has 4 aromatic rings. The van der Waals surface area contributed by atoms with Crippen molar-refractivity contribution in [1.29, 1.82) is 0 Å². The lowest BCUT2D eigenvalue weighted by atomic mass is 10.1. The van der Waals surface area contributed by atoms with E-state index in [0.717, 1.165) is 0 Å². The van der Waals surface area contributed by atoms with Crippen LogP contribution in [0.1, 0.15) is 10.4 Å². The summed E-state index contributed by atoms with van der Waals surface area (Å²) in [6.45, 7) is 0. The number of halogens is 2. The number of hydrogen-bond acceptors (Lipinski definition) is 3. The first-order valence-corrected chi connectivity index (χ1v) is 9.10. The third kappa shape index (κ3) is 4.05. The molecule has 0 spiro atoms. The van der Waals surface area contributed by atoms with Crippen LogP contribution in [0.4, 0.5) is 14.5 Å². The van der Waals surface area contributed by atoms with E-state index in [4.69, 9.17) is 4.74 Å². The standard InChI is InChI=1S/C23H17F2N3O2/c1-30-20-4-2-3-15(13-20)22-21(23(29)26-18-9-5-16(24)6-10-18)14-28(27-22)19-11-7-17(25)8-12-19/h2-14H,1H3,(H,26,29). The Kier molecular flexibility index (Phi) is 5.26. The average Bonchev–Trinajstić information content (AvgIpc) is 3.21. The fourth-order valence-electron chi connectivity index (χ4n) is 2.98. The number of anilines is 1. The normalized spacial score (nSPS) is 10.6. The number of amides is 1. The van der Waals surface area contributed by atoms with E-state index in [1.807, 2.05) is 6.07 Å². The number of nitrogens with zero attached hydrogens (tertiary/aromatic N) is 2. The number of nitrogens with one attached hydrogen (secondary N) is 1. The van der Waals surface area contributed by atoms with Gasteiger partial charge in [-0.3, -0.25) is 4.79 Å². The Hall–Kier alpha value is -4.00. The van der Waals surface area contributed by atoms with Crippen molar-refractivity contribution in [2.45, 2.75) is 0 Å². The smallest absolute Gasteiger partial charge is 0.259 e. The van der Waals surface area contributed by atoms with Crippen LogP contribution in [0.15, 0.2) is 79.0 Å². The van der Waals surface area contributed by atoms with Crippen LogP contribution in [-0.4, -0.2) is 22.8 Å². The molecule has 0 atom stereocenters. The highest BCUT2D eigenvalue weighted by molar-refractivity contribution is 6.08. The minimum absolute atomic E-state index is 0.303. The van der Waals surface area contributed by atoms with Crippen molar-refractivity contribution in [3.8, 4) is 22.7 Å². The highest BCUT2D eigenvalue weighted by atomic mass is 19.1. The molecule has 5 nitrogen and oxygen atoms in total. The maximum Gasteiger partial charge on any atom is 0.259 e. The van der Waals surface area contributed by atoms with E-state index in [1.165, 1.54) is 41.1 Å². The zero-order valence-electron chi connectivity index (χ0n) is 16.0. The number of hydrogen-bond donors (Lipinski definition) is 1. The molecule has 7 heteroatoms. The summed E-state index contributed by atoms with van der Waals surface area (Å²) in [4.78, 5) is 13.0. The third-order valence-corrected chi connectivity index (χ3v) is 4.50. The molecule has 0 aliphatic carbocycles.